The molecular formula is C35H50N6O2. The number of aryl methyl sites for hydroxylation is 2. The van der Waals surface area contributed by atoms with Crippen molar-refractivity contribution in [2.24, 2.45) is 11.7 Å². The van der Waals surface area contributed by atoms with Crippen molar-refractivity contribution in [2.45, 2.75) is 72.4 Å². The maximum Gasteiger partial charge on any atom is 0.242 e. The number of para-hydroxylation sites is 1. The van der Waals surface area contributed by atoms with Crippen LogP contribution in [0, 0.1) is 5.92 Å². The number of nitrogens with zero attached hydrogens (tertiary/aromatic N) is 4. The summed E-state index contributed by atoms with van der Waals surface area (Å²) in [5.41, 5.74) is 11.5. The third kappa shape index (κ3) is 9.33. The minimum atomic E-state index is 0.127. The van der Waals surface area contributed by atoms with Gasteiger partial charge < -0.3 is 25.3 Å². The summed E-state index contributed by atoms with van der Waals surface area (Å²) in [5.74, 6) is 0.960. The molecule has 3 aromatic heterocycles. The Morgan fingerprint density at radius 2 is 1.72 bits per heavy atom. The lowest BCUT2D eigenvalue weighted by Gasteiger charge is -2.27. The summed E-state index contributed by atoms with van der Waals surface area (Å²) >= 11 is 0. The molecular weight excluding hydrogens is 536 g/mol. The van der Waals surface area contributed by atoms with Crippen molar-refractivity contribution in [3.05, 3.63) is 71.8 Å². The van der Waals surface area contributed by atoms with Gasteiger partial charge in [-0.05, 0) is 81.3 Å². The number of hydrogen-bond donors (Lipinski definition) is 2. The molecule has 2 aliphatic rings. The van der Waals surface area contributed by atoms with E-state index in [1.807, 2.05) is 41.6 Å². The number of unbranched alkanes of at least 4 members (excludes halogenated alkanes) is 1. The molecule has 1 aliphatic carbocycles. The minimum Gasteiger partial charge on any atom is -0.378 e. The van der Waals surface area contributed by atoms with Crippen LogP contribution in [-0.2, 0) is 35.5 Å². The second-order valence-corrected chi connectivity index (χ2v) is 12.0. The van der Waals surface area contributed by atoms with Crippen LogP contribution in [0.5, 0.6) is 0 Å². The molecule has 1 fully saturated rings. The van der Waals surface area contributed by atoms with Crippen molar-refractivity contribution in [1.82, 2.24) is 24.8 Å². The first-order valence-electron chi connectivity index (χ1n) is 16.0. The Morgan fingerprint density at radius 1 is 0.953 bits per heavy atom. The zero-order chi connectivity index (χ0) is 30.4. The molecule has 8 nitrogen and oxygen atoms in total. The lowest BCUT2D eigenvalue weighted by molar-refractivity contribution is -0.135. The van der Waals surface area contributed by atoms with Crippen LogP contribution in [0.25, 0.3) is 21.8 Å². The minimum absolute atomic E-state index is 0.127. The van der Waals surface area contributed by atoms with E-state index in [0.29, 0.717) is 45.9 Å². The molecule has 4 heterocycles. The van der Waals surface area contributed by atoms with Crippen LogP contribution in [0.1, 0.15) is 63.4 Å². The molecule has 1 saturated heterocycles. The lowest BCUT2D eigenvalue weighted by Crippen LogP contribution is -2.42. The largest absolute Gasteiger partial charge is 0.378 e. The first kappa shape index (κ1) is 32.6. The Balaban J connectivity index is 0.000000248. The Morgan fingerprint density at radius 3 is 2.49 bits per heavy atom. The van der Waals surface area contributed by atoms with Crippen molar-refractivity contribution in [3.8, 4) is 0 Å². The Bertz CT molecular complexity index is 1400. The van der Waals surface area contributed by atoms with Crippen molar-refractivity contribution < 1.29 is 9.53 Å². The summed E-state index contributed by atoms with van der Waals surface area (Å²) in [7, 11) is 0. The van der Waals surface area contributed by atoms with E-state index < -0.39 is 0 Å². The van der Waals surface area contributed by atoms with Crippen LogP contribution in [0.4, 0.5) is 0 Å². The summed E-state index contributed by atoms with van der Waals surface area (Å²) in [6, 6.07) is 14.5. The highest BCUT2D eigenvalue weighted by Gasteiger charge is 2.21. The van der Waals surface area contributed by atoms with Gasteiger partial charge in [0.25, 0.3) is 0 Å². The van der Waals surface area contributed by atoms with E-state index in [2.05, 4.69) is 58.8 Å². The molecule has 0 radical (unpaired) electrons. The Kier molecular flexibility index (Phi) is 12.9. The number of nitrogens with one attached hydrogen (secondary N) is 1. The Labute approximate surface area is 257 Å². The number of rotatable bonds is 8. The number of fused-ring (bicyclic) bond motifs is 4. The average Bonchev–Trinajstić information content (AvgIpc) is 3.35. The molecule has 0 unspecified atom stereocenters. The summed E-state index contributed by atoms with van der Waals surface area (Å²) in [5, 5.41) is 5.77. The molecule has 1 aliphatic heterocycles. The number of benzene rings is 1. The quantitative estimate of drug-likeness (QED) is 0.265. The van der Waals surface area contributed by atoms with Gasteiger partial charge in [-0.15, -0.1) is 0 Å². The van der Waals surface area contributed by atoms with Crippen LogP contribution in [0.3, 0.4) is 0 Å². The van der Waals surface area contributed by atoms with Gasteiger partial charge >= 0.3 is 0 Å². The Hall–Kier alpha value is -3.33. The van der Waals surface area contributed by atoms with Crippen molar-refractivity contribution in [1.29, 1.82) is 0 Å². The highest BCUT2D eigenvalue weighted by Crippen LogP contribution is 2.30. The third-order valence-corrected chi connectivity index (χ3v) is 7.61. The van der Waals surface area contributed by atoms with E-state index in [0.717, 1.165) is 52.8 Å². The van der Waals surface area contributed by atoms with E-state index >= 15 is 0 Å². The van der Waals surface area contributed by atoms with E-state index in [1.54, 1.807) is 0 Å². The number of nitrogens with two attached hydrogens (primary N) is 1. The maximum absolute atomic E-state index is 13.0. The molecule has 4 aromatic rings. The van der Waals surface area contributed by atoms with E-state index in [9.17, 15) is 4.79 Å². The summed E-state index contributed by atoms with van der Waals surface area (Å²) < 4.78 is 7.52. The number of pyridine rings is 2. The molecule has 3 N–H and O–H groups in total. The molecule has 8 heteroatoms. The third-order valence-electron chi connectivity index (χ3n) is 7.61. The number of ether oxygens (including phenoxy) is 1. The van der Waals surface area contributed by atoms with Crippen molar-refractivity contribution >= 4 is 27.7 Å². The van der Waals surface area contributed by atoms with Gasteiger partial charge in [0.1, 0.15) is 6.54 Å². The van der Waals surface area contributed by atoms with Gasteiger partial charge in [-0.25, -0.2) is 0 Å². The van der Waals surface area contributed by atoms with E-state index in [1.165, 1.54) is 36.9 Å². The second kappa shape index (κ2) is 17.1. The van der Waals surface area contributed by atoms with Gasteiger partial charge in [0.15, 0.2) is 0 Å². The first-order chi connectivity index (χ1) is 21.0. The normalized spacial score (nSPS) is 14.6. The van der Waals surface area contributed by atoms with Crippen LogP contribution in [-0.4, -0.2) is 64.7 Å². The standard InChI is InChI=1S/C22H29N5O2.C9H11N.C4H10/c23-8-3-4-9-24-15-19-22-18(7-10-25-19)17-5-1-2-6-20(17)27(22)16-21(28)26-11-13-29-14-12-26;1-2-6-9-8(4-1)5-3-7-10-9;1-4(2)3/h1-2,5-7,10,24H,3-4,8-9,11-16,23H2;3,5,7H,1-2,4,6H2;4H,1-3H3. The first-order valence-corrected chi connectivity index (χ1v) is 16.0. The molecule has 0 atom stereocenters. The monoisotopic (exact) mass is 586 g/mol. The van der Waals surface area contributed by atoms with Crippen LogP contribution in [0.2, 0.25) is 0 Å². The predicted octanol–water partition coefficient (Wildman–Crippen LogP) is 5.50. The van der Waals surface area contributed by atoms with Gasteiger partial charge in [0, 0.05) is 54.0 Å². The van der Waals surface area contributed by atoms with Gasteiger partial charge in [-0.2, -0.15) is 0 Å². The molecule has 1 aromatic carbocycles. The van der Waals surface area contributed by atoms with E-state index in [4.69, 9.17) is 10.5 Å². The van der Waals surface area contributed by atoms with Gasteiger partial charge in [0.05, 0.1) is 24.4 Å². The SMILES string of the molecule is CC(C)C.NCCCCNCc1nccc2c3ccccc3n(CC(=O)N3CCOCC3)c12.c1cnc2c(c1)CCCC2. The molecule has 6 rings (SSSR count). The van der Waals surface area contributed by atoms with Crippen LogP contribution < -0.4 is 11.1 Å². The number of aromatic nitrogens is 3. The number of amides is 1. The average molecular weight is 587 g/mol. The maximum atomic E-state index is 13.0. The zero-order valence-corrected chi connectivity index (χ0v) is 26.4. The molecule has 232 valence electrons. The predicted molar refractivity (Wildman–Crippen MR) is 176 cm³/mol. The van der Waals surface area contributed by atoms with Crippen molar-refractivity contribution in [2.75, 3.05) is 39.4 Å². The number of hydrogen-bond acceptors (Lipinski definition) is 6. The fraction of sp³-hybridized carbons (Fsp3) is 0.514. The molecule has 0 spiro atoms. The fourth-order valence-electron chi connectivity index (χ4n) is 5.55. The van der Waals surface area contributed by atoms with Crippen molar-refractivity contribution in [3.63, 3.8) is 0 Å². The number of carbonyl (C=O) groups is 1. The lowest BCUT2D eigenvalue weighted by atomic mass is 9.96. The van der Waals surface area contributed by atoms with Gasteiger partial charge in [0.2, 0.25) is 5.91 Å². The molecule has 0 bridgehead atoms. The molecule has 0 saturated carbocycles. The summed E-state index contributed by atoms with van der Waals surface area (Å²) in [6.07, 6.45) is 10.9. The van der Waals surface area contributed by atoms with E-state index in [-0.39, 0.29) is 5.91 Å². The highest BCUT2D eigenvalue weighted by molar-refractivity contribution is 6.09. The second-order valence-electron chi connectivity index (χ2n) is 12.0. The van der Waals surface area contributed by atoms with Gasteiger partial charge in [-0.1, -0.05) is 45.0 Å². The fourth-order valence-corrected chi connectivity index (χ4v) is 5.55. The topological polar surface area (TPSA) is 98.3 Å². The molecule has 1 amide bonds. The van der Waals surface area contributed by atoms with Gasteiger partial charge in [-0.3, -0.25) is 14.8 Å². The molecule has 43 heavy (non-hydrogen) atoms. The summed E-state index contributed by atoms with van der Waals surface area (Å²) in [6.45, 7) is 11.6. The zero-order valence-electron chi connectivity index (χ0n) is 26.4. The number of carbonyl (C=O) groups excluding carboxylic acids is 1. The highest BCUT2D eigenvalue weighted by atomic mass is 16.5. The van der Waals surface area contributed by atoms with Crippen LogP contribution in [0.15, 0.2) is 54.9 Å². The number of morpholine rings is 1. The smallest absolute Gasteiger partial charge is 0.242 e. The summed E-state index contributed by atoms with van der Waals surface area (Å²) in [4.78, 5) is 23.9. The van der Waals surface area contributed by atoms with Crippen LogP contribution >= 0.6 is 0 Å².